The highest BCUT2D eigenvalue weighted by Crippen LogP contribution is 2.60. The predicted molar refractivity (Wildman–Crippen MR) is 126 cm³/mol. The van der Waals surface area contributed by atoms with Gasteiger partial charge in [-0.1, -0.05) is 28.4 Å². The molecule has 3 aliphatic rings. The van der Waals surface area contributed by atoms with Crippen molar-refractivity contribution in [2.45, 2.75) is 62.2 Å². The Labute approximate surface area is 216 Å². The molecular formula is C24H27ClF2N6O4. The molecule has 2 aliphatic carbocycles. The van der Waals surface area contributed by atoms with Crippen LogP contribution in [0.3, 0.4) is 0 Å². The van der Waals surface area contributed by atoms with Gasteiger partial charge in [0.15, 0.2) is 11.6 Å². The predicted octanol–water partition coefficient (Wildman–Crippen LogP) is 2.36. The third kappa shape index (κ3) is 4.24. The lowest BCUT2D eigenvalue weighted by Gasteiger charge is -2.43. The second-order valence-electron chi connectivity index (χ2n) is 10.0. The standard InChI is InChI=1S/C24H27ClF2N6O4/c1-36-24-17(7-11-8-32(30-28-11)21-12-3-2-4-13(12)21)37-18(10-34)23(35)22(24)33-9-16(29-31-33)14-5-6-15(25)20(27)19(14)26/h5-6,8-9,12-13,17-18,21-24,34-35H,2-4,7,10H2,1H3/t12-,13+,17-,18-,21?,22+,23+,24+/m1/s1. The van der Waals surface area contributed by atoms with Crippen LogP contribution in [-0.4, -0.2) is 78.3 Å². The van der Waals surface area contributed by atoms with Crippen molar-refractivity contribution in [2.24, 2.45) is 11.8 Å². The third-order valence-corrected chi connectivity index (χ3v) is 8.29. The summed E-state index contributed by atoms with van der Waals surface area (Å²) in [5.74, 6) is -0.959. The van der Waals surface area contributed by atoms with Gasteiger partial charge in [0.25, 0.3) is 0 Å². The van der Waals surface area contributed by atoms with E-state index in [1.54, 1.807) is 0 Å². The maximum absolute atomic E-state index is 14.5. The van der Waals surface area contributed by atoms with E-state index in [2.05, 4.69) is 20.6 Å². The van der Waals surface area contributed by atoms with E-state index in [9.17, 15) is 19.0 Å². The topological polar surface area (TPSA) is 120 Å². The lowest BCUT2D eigenvalue weighted by molar-refractivity contribution is -0.212. The second kappa shape index (κ2) is 9.66. The molecule has 0 radical (unpaired) electrons. The summed E-state index contributed by atoms with van der Waals surface area (Å²) in [6.07, 6.45) is 3.92. The molecule has 2 saturated carbocycles. The van der Waals surface area contributed by atoms with Gasteiger partial charge in [-0.2, -0.15) is 0 Å². The molecule has 1 saturated heterocycles. The summed E-state index contributed by atoms with van der Waals surface area (Å²) in [5.41, 5.74) is 0.638. The first kappa shape index (κ1) is 24.8. The van der Waals surface area contributed by atoms with Crippen molar-refractivity contribution < 1.29 is 28.5 Å². The number of nitrogens with zero attached hydrogens (tertiary/aromatic N) is 6. The van der Waals surface area contributed by atoms with Crippen molar-refractivity contribution in [1.29, 1.82) is 0 Å². The van der Waals surface area contributed by atoms with E-state index < -0.39 is 48.7 Å². The summed E-state index contributed by atoms with van der Waals surface area (Å²) in [4.78, 5) is 0. The number of halogens is 3. The number of methoxy groups -OCH3 is 1. The summed E-state index contributed by atoms with van der Waals surface area (Å²) < 4.78 is 43.6. The lowest BCUT2D eigenvalue weighted by atomic mass is 9.90. The molecule has 2 aromatic heterocycles. The number of aromatic nitrogens is 6. The van der Waals surface area contributed by atoms with Gasteiger partial charge in [0, 0.05) is 25.3 Å². The Hall–Kier alpha value is -2.51. The van der Waals surface area contributed by atoms with Crippen LogP contribution in [0.25, 0.3) is 11.3 Å². The van der Waals surface area contributed by atoms with Crippen LogP contribution in [0.15, 0.2) is 24.5 Å². The number of aliphatic hydroxyl groups excluding tert-OH is 2. The van der Waals surface area contributed by atoms with Gasteiger partial charge in [-0.3, -0.25) is 0 Å². The summed E-state index contributed by atoms with van der Waals surface area (Å²) in [7, 11) is 1.48. The van der Waals surface area contributed by atoms with E-state index in [0.29, 0.717) is 30.0 Å². The monoisotopic (exact) mass is 536 g/mol. The van der Waals surface area contributed by atoms with Crippen molar-refractivity contribution in [3.63, 3.8) is 0 Å². The van der Waals surface area contributed by atoms with Crippen molar-refractivity contribution in [1.82, 2.24) is 30.0 Å². The minimum atomic E-state index is -1.21. The fraction of sp³-hybridized carbons (Fsp3) is 0.583. The molecule has 37 heavy (non-hydrogen) atoms. The molecule has 198 valence electrons. The number of hydrogen-bond donors (Lipinski definition) is 2. The zero-order chi connectivity index (χ0) is 25.8. The van der Waals surface area contributed by atoms with E-state index in [4.69, 9.17) is 21.1 Å². The minimum absolute atomic E-state index is 0.0524. The Morgan fingerprint density at radius 1 is 1.05 bits per heavy atom. The zero-order valence-electron chi connectivity index (χ0n) is 20.0. The highest BCUT2D eigenvalue weighted by atomic mass is 35.5. The SMILES string of the molecule is CO[C@@H]1[C@@H](n2cc(-c3ccc(Cl)c(F)c3F)nn2)[C@@H](O)[C@@H](CO)O[C@@H]1Cc1cn(C2[C@H]3CCC[C@@H]23)nn1. The normalized spacial score (nSPS) is 33.0. The minimum Gasteiger partial charge on any atom is -0.394 e. The number of aliphatic hydroxyl groups is 2. The summed E-state index contributed by atoms with van der Waals surface area (Å²) in [6, 6.07) is 2.11. The molecule has 1 aromatic carbocycles. The summed E-state index contributed by atoms with van der Waals surface area (Å²) in [5, 5.41) is 37.3. The molecule has 1 unspecified atom stereocenters. The molecule has 3 heterocycles. The van der Waals surface area contributed by atoms with Gasteiger partial charge in [-0.15, -0.1) is 10.2 Å². The van der Waals surface area contributed by atoms with Gasteiger partial charge in [0.05, 0.1) is 35.7 Å². The van der Waals surface area contributed by atoms with Gasteiger partial charge in [0.1, 0.15) is 30.0 Å². The Morgan fingerprint density at radius 3 is 2.51 bits per heavy atom. The molecule has 10 nitrogen and oxygen atoms in total. The number of ether oxygens (including phenoxy) is 2. The average molecular weight is 537 g/mol. The first-order valence-corrected chi connectivity index (χ1v) is 12.7. The molecule has 1 aliphatic heterocycles. The molecule has 3 fully saturated rings. The Kier molecular flexibility index (Phi) is 6.48. The first-order valence-electron chi connectivity index (χ1n) is 12.3. The van der Waals surface area contributed by atoms with Crippen molar-refractivity contribution in [3.8, 4) is 11.3 Å². The highest BCUT2D eigenvalue weighted by molar-refractivity contribution is 6.30. The Morgan fingerprint density at radius 2 is 1.78 bits per heavy atom. The Balaban J connectivity index is 1.26. The van der Waals surface area contributed by atoms with Crippen LogP contribution in [0, 0.1) is 23.5 Å². The maximum atomic E-state index is 14.5. The third-order valence-electron chi connectivity index (χ3n) is 8.00. The smallest absolute Gasteiger partial charge is 0.178 e. The molecule has 0 bridgehead atoms. The quantitative estimate of drug-likeness (QED) is 0.442. The molecule has 13 heteroatoms. The highest BCUT2D eigenvalue weighted by Gasteiger charge is 2.54. The van der Waals surface area contributed by atoms with E-state index >= 15 is 0 Å². The van der Waals surface area contributed by atoms with Crippen LogP contribution in [0.1, 0.15) is 37.0 Å². The van der Waals surface area contributed by atoms with E-state index in [0.717, 1.165) is 0 Å². The number of rotatable bonds is 7. The molecular weight excluding hydrogens is 510 g/mol. The fourth-order valence-electron chi connectivity index (χ4n) is 6.13. The van der Waals surface area contributed by atoms with Crippen LogP contribution in [0.2, 0.25) is 5.02 Å². The lowest BCUT2D eigenvalue weighted by Crippen LogP contribution is -2.57. The Bertz CT molecular complexity index is 1280. The van der Waals surface area contributed by atoms with Crippen molar-refractivity contribution >= 4 is 11.6 Å². The second-order valence-corrected chi connectivity index (χ2v) is 10.4. The van der Waals surface area contributed by atoms with Gasteiger partial charge in [0.2, 0.25) is 0 Å². The van der Waals surface area contributed by atoms with Crippen molar-refractivity contribution in [3.05, 3.63) is 46.9 Å². The average Bonchev–Trinajstić information content (AvgIpc) is 3.38. The van der Waals surface area contributed by atoms with Gasteiger partial charge < -0.3 is 19.7 Å². The molecule has 8 atom stereocenters. The van der Waals surface area contributed by atoms with Crippen molar-refractivity contribution in [2.75, 3.05) is 13.7 Å². The summed E-state index contributed by atoms with van der Waals surface area (Å²) in [6.45, 7) is -0.443. The van der Waals surface area contributed by atoms with Crippen LogP contribution < -0.4 is 0 Å². The van der Waals surface area contributed by atoms with Crippen LogP contribution in [-0.2, 0) is 15.9 Å². The van der Waals surface area contributed by atoms with E-state index in [1.807, 2.05) is 10.9 Å². The zero-order valence-corrected chi connectivity index (χ0v) is 20.7. The van der Waals surface area contributed by atoms with E-state index in [-0.39, 0.29) is 16.3 Å². The van der Waals surface area contributed by atoms with E-state index in [1.165, 1.54) is 49.4 Å². The van der Waals surface area contributed by atoms with Crippen LogP contribution in [0.5, 0.6) is 0 Å². The van der Waals surface area contributed by atoms with Crippen LogP contribution in [0.4, 0.5) is 8.78 Å². The molecule has 0 spiro atoms. The van der Waals surface area contributed by atoms with Gasteiger partial charge in [-0.25, -0.2) is 18.1 Å². The molecule has 3 aromatic rings. The van der Waals surface area contributed by atoms with Crippen LogP contribution >= 0.6 is 11.6 Å². The number of benzene rings is 1. The number of fused-ring (bicyclic) bond motifs is 1. The molecule has 2 N–H and O–H groups in total. The summed E-state index contributed by atoms with van der Waals surface area (Å²) >= 11 is 5.66. The first-order chi connectivity index (χ1) is 17.9. The molecule has 0 amide bonds. The largest absolute Gasteiger partial charge is 0.394 e. The van der Waals surface area contributed by atoms with Gasteiger partial charge in [-0.05, 0) is 36.8 Å². The maximum Gasteiger partial charge on any atom is 0.178 e. The molecule has 6 rings (SSSR count). The fourth-order valence-corrected chi connectivity index (χ4v) is 6.28. The van der Waals surface area contributed by atoms with Gasteiger partial charge >= 0.3 is 0 Å². The number of hydrogen-bond acceptors (Lipinski definition) is 8.